The summed E-state index contributed by atoms with van der Waals surface area (Å²) in [5.74, 6) is 0.0743. The van der Waals surface area contributed by atoms with Gasteiger partial charge >= 0.3 is 6.03 Å². The summed E-state index contributed by atoms with van der Waals surface area (Å²) < 4.78 is 2.11. The number of halogens is 1. The standard InChI is InChI=1S/C36H29ClN4O/c1-24(25-11-5-2-6-12-25)31-18-17-30(37)20-32(31)36(28-13-7-3-8-14-28,29-15-9-4-10-16-29)41-34-21-33-26(19-27(34)23-39-41)22-38-35(42)40-33/h2-21,23-24H,22H2,1H3,(H2,38,40,42)/t24-/m1/s1. The maximum atomic E-state index is 12.3. The molecule has 1 aliphatic heterocycles. The summed E-state index contributed by atoms with van der Waals surface area (Å²) in [6, 6.07) is 41.6. The minimum absolute atomic E-state index is 0.0743. The molecule has 1 atom stereocenters. The van der Waals surface area contributed by atoms with Gasteiger partial charge in [0.05, 0.1) is 11.7 Å². The second kappa shape index (κ2) is 10.5. The van der Waals surface area contributed by atoms with Crippen molar-refractivity contribution in [2.24, 2.45) is 0 Å². The van der Waals surface area contributed by atoms with Gasteiger partial charge in [-0.3, -0.25) is 0 Å². The Hall–Kier alpha value is -4.87. The van der Waals surface area contributed by atoms with E-state index in [9.17, 15) is 4.79 Å². The zero-order valence-corrected chi connectivity index (χ0v) is 23.8. The van der Waals surface area contributed by atoms with E-state index in [1.165, 1.54) is 5.56 Å². The highest BCUT2D eigenvalue weighted by Crippen LogP contribution is 2.47. The lowest BCUT2D eigenvalue weighted by molar-refractivity contribution is 0.251. The number of aromatic nitrogens is 2. The van der Waals surface area contributed by atoms with Crippen LogP contribution in [0.3, 0.4) is 0 Å². The topological polar surface area (TPSA) is 59.0 Å². The monoisotopic (exact) mass is 568 g/mol. The molecule has 6 heteroatoms. The maximum absolute atomic E-state index is 12.3. The van der Waals surface area contributed by atoms with Crippen molar-refractivity contribution in [3.8, 4) is 0 Å². The Kier molecular flexibility index (Phi) is 6.52. The highest BCUT2D eigenvalue weighted by atomic mass is 35.5. The van der Waals surface area contributed by atoms with Crippen LogP contribution >= 0.6 is 11.6 Å². The fraction of sp³-hybridized carbons (Fsp3) is 0.111. The van der Waals surface area contributed by atoms with Gasteiger partial charge in [-0.15, -0.1) is 0 Å². The third kappa shape index (κ3) is 4.25. The number of anilines is 1. The Balaban J connectivity index is 1.61. The summed E-state index contributed by atoms with van der Waals surface area (Å²) in [6.45, 7) is 2.71. The predicted octanol–water partition coefficient (Wildman–Crippen LogP) is 8.32. The first-order valence-corrected chi connectivity index (χ1v) is 14.5. The third-order valence-corrected chi connectivity index (χ3v) is 8.59. The summed E-state index contributed by atoms with van der Waals surface area (Å²) in [6.07, 6.45) is 1.91. The van der Waals surface area contributed by atoms with Crippen LogP contribution in [0.4, 0.5) is 10.5 Å². The fourth-order valence-corrected chi connectivity index (χ4v) is 6.50. The van der Waals surface area contributed by atoms with E-state index in [2.05, 4.69) is 113 Å². The molecule has 5 aromatic carbocycles. The summed E-state index contributed by atoms with van der Waals surface area (Å²) >= 11 is 6.85. The Labute approximate surface area is 249 Å². The Morgan fingerprint density at radius 2 is 1.48 bits per heavy atom. The summed E-state index contributed by atoms with van der Waals surface area (Å²) in [4.78, 5) is 12.3. The first-order valence-electron chi connectivity index (χ1n) is 14.1. The summed E-state index contributed by atoms with van der Waals surface area (Å²) in [5, 5.41) is 12.6. The summed E-state index contributed by atoms with van der Waals surface area (Å²) in [7, 11) is 0. The van der Waals surface area contributed by atoms with Crippen LogP contribution in [0.15, 0.2) is 128 Å². The van der Waals surface area contributed by atoms with Gasteiger partial charge in [0, 0.05) is 28.6 Å². The lowest BCUT2D eigenvalue weighted by atomic mass is 9.72. The highest BCUT2D eigenvalue weighted by Gasteiger charge is 2.43. The number of hydrogen-bond acceptors (Lipinski definition) is 2. The van der Waals surface area contributed by atoms with Gasteiger partial charge in [-0.2, -0.15) is 5.10 Å². The molecule has 2 heterocycles. The average molecular weight is 569 g/mol. The predicted molar refractivity (Wildman–Crippen MR) is 169 cm³/mol. The van der Waals surface area contributed by atoms with E-state index in [1.807, 2.05) is 36.5 Å². The van der Waals surface area contributed by atoms with Gasteiger partial charge in [-0.25, -0.2) is 9.48 Å². The van der Waals surface area contributed by atoms with E-state index in [-0.39, 0.29) is 11.9 Å². The molecule has 7 rings (SSSR count). The zero-order chi connectivity index (χ0) is 28.7. The van der Waals surface area contributed by atoms with E-state index in [0.29, 0.717) is 11.6 Å². The second-order valence-corrected chi connectivity index (χ2v) is 11.2. The molecular formula is C36H29ClN4O. The molecule has 0 spiro atoms. The number of carbonyl (C=O) groups is 1. The van der Waals surface area contributed by atoms with E-state index in [1.54, 1.807) is 0 Å². The highest BCUT2D eigenvalue weighted by molar-refractivity contribution is 6.30. The molecule has 206 valence electrons. The van der Waals surface area contributed by atoms with E-state index >= 15 is 0 Å². The van der Waals surface area contributed by atoms with Gasteiger partial charge in [0.1, 0.15) is 5.54 Å². The second-order valence-electron chi connectivity index (χ2n) is 10.7. The average Bonchev–Trinajstić information content (AvgIpc) is 3.44. The van der Waals surface area contributed by atoms with Crippen LogP contribution in [-0.2, 0) is 12.1 Å². The van der Waals surface area contributed by atoms with Crippen molar-refractivity contribution < 1.29 is 4.79 Å². The maximum Gasteiger partial charge on any atom is 0.319 e. The molecule has 0 aliphatic carbocycles. The van der Waals surface area contributed by atoms with Gasteiger partial charge in [-0.05, 0) is 57.6 Å². The van der Waals surface area contributed by atoms with Gasteiger partial charge in [0.25, 0.3) is 0 Å². The lowest BCUT2D eigenvalue weighted by Crippen LogP contribution is -2.40. The zero-order valence-electron chi connectivity index (χ0n) is 23.1. The number of carbonyl (C=O) groups excluding carboxylic acids is 1. The van der Waals surface area contributed by atoms with E-state index in [0.717, 1.165) is 44.4 Å². The molecule has 42 heavy (non-hydrogen) atoms. The third-order valence-electron chi connectivity index (χ3n) is 8.35. The lowest BCUT2D eigenvalue weighted by Gasteiger charge is -2.39. The van der Waals surface area contributed by atoms with E-state index < -0.39 is 5.54 Å². The van der Waals surface area contributed by atoms with Crippen molar-refractivity contribution in [3.05, 3.63) is 166 Å². The number of fused-ring (bicyclic) bond motifs is 2. The van der Waals surface area contributed by atoms with Gasteiger partial charge in [0.2, 0.25) is 0 Å². The Morgan fingerprint density at radius 3 is 2.14 bits per heavy atom. The minimum atomic E-state index is -0.890. The van der Waals surface area contributed by atoms with Crippen molar-refractivity contribution in [2.75, 3.05) is 5.32 Å². The minimum Gasteiger partial charge on any atom is -0.334 e. The molecule has 0 fully saturated rings. The van der Waals surface area contributed by atoms with Crippen LogP contribution in [0.5, 0.6) is 0 Å². The molecule has 1 aliphatic rings. The van der Waals surface area contributed by atoms with E-state index in [4.69, 9.17) is 16.7 Å². The molecule has 0 unspecified atom stereocenters. The fourth-order valence-electron chi connectivity index (χ4n) is 6.33. The van der Waals surface area contributed by atoms with Gasteiger partial charge in [0.15, 0.2) is 0 Å². The quantitative estimate of drug-likeness (QED) is 0.198. The smallest absolute Gasteiger partial charge is 0.319 e. The number of hydrogen-bond donors (Lipinski definition) is 2. The number of nitrogens with zero attached hydrogens (tertiary/aromatic N) is 2. The molecular weight excluding hydrogens is 540 g/mol. The molecule has 1 aromatic heterocycles. The number of rotatable bonds is 6. The molecule has 0 saturated carbocycles. The molecule has 0 radical (unpaired) electrons. The largest absolute Gasteiger partial charge is 0.334 e. The van der Waals surface area contributed by atoms with Crippen molar-refractivity contribution >= 4 is 34.2 Å². The molecule has 0 saturated heterocycles. The summed E-state index contributed by atoms with van der Waals surface area (Å²) in [5.41, 5.74) is 7.32. The number of urea groups is 1. The number of nitrogens with one attached hydrogen (secondary N) is 2. The van der Waals surface area contributed by atoms with Crippen LogP contribution in [0.1, 0.15) is 46.2 Å². The molecule has 5 nitrogen and oxygen atoms in total. The van der Waals surface area contributed by atoms with Crippen molar-refractivity contribution in [2.45, 2.75) is 24.9 Å². The normalized spacial score (nSPS) is 13.7. The number of benzene rings is 5. The Bertz CT molecular complexity index is 1860. The molecule has 2 N–H and O–H groups in total. The SMILES string of the molecule is C[C@H](c1ccccc1)c1ccc(Cl)cc1C(c1ccccc1)(c1ccccc1)n1ncc2cc3c(cc21)NC(=O)NC3. The Morgan fingerprint density at radius 1 is 0.833 bits per heavy atom. The van der Waals surface area contributed by atoms with Crippen molar-refractivity contribution in [1.82, 2.24) is 15.1 Å². The number of amides is 2. The molecule has 0 bridgehead atoms. The van der Waals surface area contributed by atoms with Crippen molar-refractivity contribution in [3.63, 3.8) is 0 Å². The van der Waals surface area contributed by atoms with Gasteiger partial charge < -0.3 is 10.6 Å². The van der Waals surface area contributed by atoms with Crippen LogP contribution in [0, 0.1) is 0 Å². The van der Waals surface area contributed by atoms with Crippen molar-refractivity contribution in [1.29, 1.82) is 0 Å². The van der Waals surface area contributed by atoms with Crippen LogP contribution in [0.2, 0.25) is 5.02 Å². The first-order chi connectivity index (χ1) is 20.6. The molecule has 6 aromatic rings. The van der Waals surface area contributed by atoms with Crippen LogP contribution in [-0.4, -0.2) is 15.8 Å². The van der Waals surface area contributed by atoms with Gasteiger partial charge in [-0.1, -0.05) is 116 Å². The first kappa shape index (κ1) is 26.1. The molecule has 2 amide bonds. The van der Waals surface area contributed by atoms with Crippen LogP contribution in [0.25, 0.3) is 10.9 Å². The van der Waals surface area contributed by atoms with Crippen LogP contribution < -0.4 is 10.6 Å².